The van der Waals surface area contributed by atoms with Crippen molar-refractivity contribution in [2.45, 2.75) is 6.92 Å². The van der Waals surface area contributed by atoms with Crippen molar-refractivity contribution in [1.82, 2.24) is 0 Å². The van der Waals surface area contributed by atoms with Crippen LogP contribution in [0, 0.1) is 0 Å². The number of nitrogens with one attached hydrogen (secondary N) is 1. The van der Waals surface area contributed by atoms with Crippen molar-refractivity contribution < 1.29 is 27.4 Å². The van der Waals surface area contributed by atoms with Gasteiger partial charge in [0.05, 0.1) is 7.11 Å². The van der Waals surface area contributed by atoms with E-state index in [1.807, 2.05) is 6.92 Å². The number of nitrogen functional groups attached to an aromatic ring is 1. The van der Waals surface area contributed by atoms with E-state index in [1.165, 1.54) is 0 Å². The fourth-order valence-electron chi connectivity index (χ4n) is 1.13. The first-order valence-corrected chi connectivity index (χ1v) is 6.19. The van der Waals surface area contributed by atoms with Crippen LogP contribution in [-0.4, -0.2) is 36.3 Å². The molecule has 0 saturated heterocycles. The smallest absolute Gasteiger partial charge is 0.394 e. The molecular weight excluding hydrogens is 264 g/mol. The Morgan fingerprint density at radius 2 is 1.89 bits per heavy atom. The lowest BCUT2D eigenvalue weighted by molar-refractivity contribution is 0.381. The molecule has 0 heterocycles. The Kier molecular flexibility index (Phi) is 6.23. The Morgan fingerprint density at radius 1 is 1.39 bits per heavy atom. The van der Waals surface area contributed by atoms with E-state index in [9.17, 15) is 5.11 Å². The average Bonchev–Trinajstić information content (AvgIpc) is 2.22. The molecule has 1 aromatic carbocycles. The lowest BCUT2D eigenvalue weighted by Gasteiger charge is -2.12. The fourth-order valence-corrected chi connectivity index (χ4v) is 1.13. The minimum atomic E-state index is -4.67. The second-order valence-electron chi connectivity index (χ2n) is 3.05. The van der Waals surface area contributed by atoms with Crippen LogP contribution in [0.2, 0.25) is 0 Å². The molecule has 0 spiro atoms. The third-order valence-electron chi connectivity index (χ3n) is 1.76. The van der Waals surface area contributed by atoms with Gasteiger partial charge in [0.1, 0.15) is 22.9 Å². The summed E-state index contributed by atoms with van der Waals surface area (Å²) < 4.78 is 36.6. The van der Waals surface area contributed by atoms with Gasteiger partial charge in [-0.2, -0.15) is 8.42 Å². The van der Waals surface area contributed by atoms with Gasteiger partial charge in [-0.05, 0) is 19.1 Å². The third kappa shape index (κ3) is 6.13. The van der Waals surface area contributed by atoms with Crippen LogP contribution in [0.15, 0.2) is 12.1 Å². The van der Waals surface area contributed by atoms with Gasteiger partial charge in [0.2, 0.25) is 0 Å². The maximum Gasteiger partial charge on any atom is 0.394 e. The number of phenols is 1. The van der Waals surface area contributed by atoms with Crippen LogP contribution in [0.4, 0.5) is 11.4 Å². The van der Waals surface area contributed by atoms with Crippen LogP contribution in [0.5, 0.6) is 11.5 Å². The third-order valence-corrected chi connectivity index (χ3v) is 1.76. The minimum absolute atomic E-state index is 0.139. The summed E-state index contributed by atoms with van der Waals surface area (Å²) in [4.78, 5) is 0. The Labute approximate surface area is 105 Å². The molecule has 6 N–H and O–H groups in total. The molecule has 0 bridgehead atoms. The highest BCUT2D eigenvalue weighted by molar-refractivity contribution is 7.79. The number of hydrogen-bond acceptors (Lipinski definition) is 6. The number of ether oxygens (including phenoxy) is 1. The van der Waals surface area contributed by atoms with Gasteiger partial charge in [0, 0.05) is 6.54 Å². The van der Waals surface area contributed by atoms with Gasteiger partial charge < -0.3 is 20.9 Å². The molecule has 9 heteroatoms. The van der Waals surface area contributed by atoms with Crippen molar-refractivity contribution in [2.24, 2.45) is 0 Å². The van der Waals surface area contributed by atoms with E-state index in [0.717, 1.165) is 0 Å². The summed E-state index contributed by atoms with van der Waals surface area (Å²) in [6, 6.07) is 3.18. The first kappa shape index (κ1) is 16.3. The maximum absolute atomic E-state index is 9.44. The molecule has 104 valence electrons. The van der Waals surface area contributed by atoms with E-state index >= 15 is 0 Å². The zero-order valence-corrected chi connectivity index (χ0v) is 10.7. The summed E-state index contributed by atoms with van der Waals surface area (Å²) in [6.07, 6.45) is 0. The maximum atomic E-state index is 9.44. The van der Waals surface area contributed by atoms with E-state index in [0.29, 0.717) is 23.7 Å². The first-order chi connectivity index (χ1) is 8.20. The van der Waals surface area contributed by atoms with Gasteiger partial charge in [-0.15, -0.1) is 0 Å². The number of anilines is 2. The van der Waals surface area contributed by atoms with E-state index in [1.54, 1.807) is 19.2 Å². The molecule has 0 radical (unpaired) electrons. The van der Waals surface area contributed by atoms with E-state index in [-0.39, 0.29) is 5.75 Å². The van der Waals surface area contributed by atoms with Gasteiger partial charge in [-0.1, -0.05) is 0 Å². The van der Waals surface area contributed by atoms with E-state index in [2.05, 4.69) is 5.32 Å². The molecule has 0 aliphatic heterocycles. The second kappa shape index (κ2) is 6.89. The van der Waals surface area contributed by atoms with E-state index < -0.39 is 10.4 Å². The first-order valence-electron chi connectivity index (χ1n) is 4.79. The number of aromatic hydroxyl groups is 1. The number of rotatable bonds is 3. The molecule has 0 atom stereocenters. The van der Waals surface area contributed by atoms with Crippen molar-refractivity contribution in [3.05, 3.63) is 12.1 Å². The zero-order valence-electron chi connectivity index (χ0n) is 9.91. The molecule has 1 rings (SSSR count). The number of phenolic OH excluding ortho intramolecular Hbond substituents is 1. The minimum Gasteiger partial charge on any atom is -0.506 e. The highest BCUT2D eigenvalue weighted by atomic mass is 32.3. The summed E-state index contributed by atoms with van der Waals surface area (Å²) in [6.45, 7) is 2.63. The van der Waals surface area contributed by atoms with Gasteiger partial charge >= 0.3 is 10.4 Å². The molecule has 0 amide bonds. The Hall–Kier alpha value is -1.71. The lowest BCUT2D eigenvalue weighted by atomic mass is 10.2. The van der Waals surface area contributed by atoms with E-state index in [4.69, 9.17) is 28.0 Å². The lowest BCUT2D eigenvalue weighted by Crippen LogP contribution is -2.02. The van der Waals surface area contributed by atoms with Crippen LogP contribution in [0.1, 0.15) is 6.92 Å². The van der Waals surface area contributed by atoms with Crippen LogP contribution >= 0.6 is 0 Å². The quantitative estimate of drug-likeness (QED) is 0.310. The summed E-state index contributed by atoms with van der Waals surface area (Å²) in [5, 5.41) is 12.4. The Morgan fingerprint density at radius 3 is 2.28 bits per heavy atom. The molecule has 0 fully saturated rings. The zero-order chi connectivity index (χ0) is 14.3. The molecule has 0 aliphatic carbocycles. The van der Waals surface area contributed by atoms with Crippen molar-refractivity contribution in [3.63, 3.8) is 0 Å². The number of methoxy groups -OCH3 is 1. The normalized spacial score (nSPS) is 10.2. The second-order valence-corrected chi connectivity index (χ2v) is 3.95. The summed E-state index contributed by atoms with van der Waals surface area (Å²) in [5.74, 6) is 0.703. The van der Waals surface area contributed by atoms with Crippen LogP contribution in [-0.2, 0) is 10.4 Å². The summed E-state index contributed by atoms with van der Waals surface area (Å²) in [5.41, 5.74) is 6.70. The number of nitrogens with two attached hydrogens (primary N) is 1. The van der Waals surface area contributed by atoms with Crippen LogP contribution in [0.3, 0.4) is 0 Å². The van der Waals surface area contributed by atoms with Crippen LogP contribution < -0.4 is 15.8 Å². The SMILES string of the molecule is CCNc1c(O)ccc(OC)c1N.O=S(=O)(O)O. The van der Waals surface area contributed by atoms with Gasteiger partial charge in [0.25, 0.3) is 0 Å². The molecule has 8 nitrogen and oxygen atoms in total. The predicted molar refractivity (Wildman–Crippen MR) is 67.4 cm³/mol. The monoisotopic (exact) mass is 280 g/mol. The van der Waals surface area contributed by atoms with Gasteiger partial charge in [-0.3, -0.25) is 9.11 Å². The molecule has 0 aromatic heterocycles. The standard InChI is InChI=1S/C9H14N2O2.H2O4S/c1-3-11-9-6(12)4-5-7(13-2)8(9)10;1-5(2,3)4/h4-5,11-12H,3,10H2,1-2H3;(H2,1,2,3,4). The number of hydrogen-bond donors (Lipinski definition) is 5. The van der Waals surface area contributed by atoms with Crippen molar-refractivity contribution >= 4 is 21.8 Å². The Bertz CT molecular complexity index is 480. The summed E-state index contributed by atoms with van der Waals surface area (Å²) in [7, 11) is -3.13. The largest absolute Gasteiger partial charge is 0.506 e. The molecule has 0 saturated carbocycles. The Balaban J connectivity index is 0.000000494. The van der Waals surface area contributed by atoms with Gasteiger partial charge in [-0.25, -0.2) is 0 Å². The van der Waals surface area contributed by atoms with Crippen molar-refractivity contribution in [3.8, 4) is 11.5 Å². The summed E-state index contributed by atoms with van der Waals surface area (Å²) >= 11 is 0. The van der Waals surface area contributed by atoms with Gasteiger partial charge in [0.15, 0.2) is 0 Å². The highest BCUT2D eigenvalue weighted by Gasteiger charge is 2.09. The topological polar surface area (TPSA) is 142 Å². The highest BCUT2D eigenvalue weighted by Crippen LogP contribution is 2.36. The molecular formula is C9H16N2O6S. The number of benzene rings is 1. The van der Waals surface area contributed by atoms with Crippen molar-refractivity contribution in [1.29, 1.82) is 0 Å². The van der Waals surface area contributed by atoms with Crippen molar-refractivity contribution in [2.75, 3.05) is 24.7 Å². The predicted octanol–water partition coefficient (Wildman–Crippen LogP) is 0.762. The van der Waals surface area contributed by atoms with Crippen LogP contribution in [0.25, 0.3) is 0 Å². The molecule has 0 aliphatic rings. The fraction of sp³-hybridized carbons (Fsp3) is 0.333. The molecule has 18 heavy (non-hydrogen) atoms. The average molecular weight is 280 g/mol. The molecule has 1 aromatic rings. The molecule has 0 unspecified atom stereocenters.